The lowest BCUT2D eigenvalue weighted by molar-refractivity contribution is -0.118. The van der Waals surface area contributed by atoms with Crippen LogP contribution in [-0.4, -0.2) is 29.2 Å². The number of hydrogen-bond donors (Lipinski definition) is 1. The van der Waals surface area contributed by atoms with E-state index in [1.54, 1.807) is 4.90 Å². The summed E-state index contributed by atoms with van der Waals surface area (Å²) in [5.74, 6) is 0.321. The highest BCUT2D eigenvalue weighted by Gasteiger charge is 2.37. The fraction of sp³-hybridized carbons (Fsp3) is 0.500. The number of nitrogens with two attached hydrogens (primary N) is 1. The minimum atomic E-state index is -0.0815. The fourth-order valence-corrected chi connectivity index (χ4v) is 3.14. The Balaban J connectivity index is 2.27. The van der Waals surface area contributed by atoms with E-state index in [2.05, 4.69) is 0 Å². The normalized spacial score (nSPS) is 26.4. The van der Waals surface area contributed by atoms with E-state index >= 15 is 0 Å². The summed E-state index contributed by atoms with van der Waals surface area (Å²) in [6.45, 7) is 0. The van der Waals surface area contributed by atoms with Gasteiger partial charge >= 0.3 is 0 Å². The van der Waals surface area contributed by atoms with E-state index in [1.165, 1.54) is 0 Å². The smallest absolute Gasteiger partial charge is 0.228 e. The number of benzene rings is 1. The summed E-state index contributed by atoms with van der Waals surface area (Å²) in [7, 11) is 0. The Kier molecular flexibility index (Phi) is 5.08. The molecule has 0 spiro atoms. The van der Waals surface area contributed by atoms with Crippen molar-refractivity contribution in [3.63, 3.8) is 0 Å². The molecule has 0 aliphatic heterocycles. The van der Waals surface area contributed by atoms with Gasteiger partial charge in [-0.3, -0.25) is 4.79 Å². The molecule has 1 aliphatic carbocycles. The summed E-state index contributed by atoms with van der Waals surface area (Å²) < 4.78 is 0. The Hall–Kier alpha value is -0.770. The molecule has 19 heavy (non-hydrogen) atoms. The second kappa shape index (κ2) is 6.60. The van der Waals surface area contributed by atoms with Gasteiger partial charge in [0.1, 0.15) is 0 Å². The van der Waals surface area contributed by atoms with Crippen LogP contribution < -0.4 is 10.6 Å². The van der Waals surface area contributed by atoms with Gasteiger partial charge in [0.2, 0.25) is 5.91 Å². The standard InChI is InChI=1S/C14H18Cl2N2O/c15-7-6-14(19)18(11-4-2-1-3-5-11)13-9-10(16)8-12(13)17/h1-5,10,12-13H,6-9,17H2/t10?,12-,13-/m1/s1. The highest BCUT2D eigenvalue weighted by molar-refractivity contribution is 6.21. The molecular weight excluding hydrogens is 283 g/mol. The van der Waals surface area contributed by atoms with Crippen LogP contribution in [0.1, 0.15) is 19.3 Å². The molecule has 5 heteroatoms. The first kappa shape index (κ1) is 14.6. The molecule has 0 radical (unpaired) electrons. The van der Waals surface area contributed by atoms with Gasteiger partial charge in [-0.2, -0.15) is 0 Å². The molecule has 2 N–H and O–H groups in total. The van der Waals surface area contributed by atoms with E-state index < -0.39 is 0 Å². The highest BCUT2D eigenvalue weighted by atomic mass is 35.5. The van der Waals surface area contributed by atoms with E-state index in [0.29, 0.717) is 12.3 Å². The average molecular weight is 301 g/mol. The van der Waals surface area contributed by atoms with Crippen molar-refractivity contribution < 1.29 is 4.79 Å². The molecule has 1 unspecified atom stereocenters. The van der Waals surface area contributed by atoms with Crippen molar-refractivity contribution in [2.24, 2.45) is 5.73 Å². The topological polar surface area (TPSA) is 46.3 Å². The number of carbonyl (C=O) groups is 1. The van der Waals surface area contributed by atoms with Crippen LogP contribution in [0.25, 0.3) is 0 Å². The zero-order chi connectivity index (χ0) is 13.8. The SMILES string of the molecule is N[C@@H]1CC(Cl)C[C@H]1N(C(=O)CCCl)c1ccccc1. The summed E-state index contributed by atoms with van der Waals surface area (Å²) in [6.07, 6.45) is 1.78. The number of carbonyl (C=O) groups excluding carboxylic acids is 1. The molecule has 1 aromatic rings. The third kappa shape index (κ3) is 3.41. The van der Waals surface area contributed by atoms with Gasteiger partial charge in [0.25, 0.3) is 0 Å². The fourth-order valence-electron chi connectivity index (χ4n) is 2.59. The van der Waals surface area contributed by atoms with Gasteiger partial charge in [-0.15, -0.1) is 23.2 Å². The predicted octanol–water partition coefficient (Wildman–Crippen LogP) is 2.75. The Labute approximate surface area is 123 Å². The maximum atomic E-state index is 12.3. The number of nitrogens with zero attached hydrogens (tertiary/aromatic N) is 1. The number of hydrogen-bond acceptors (Lipinski definition) is 2. The van der Waals surface area contributed by atoms with Crippen molar-refractivity contribution in [3.8, 4) is 0 Å². The lowest BCUT2D eigenvalue weighted by atomic mass is 10.1. The number of amides is 1. The molecule has 2 rings (SSSR count). The molecule has 1 saturated carbocycles. The van der Waals surface area contributed by atoms with E-state index in [-0.39, 0.29) is 23.4 Å². The van der Waals surface area contributed by atoms with Crippen LogP contribution in [0.3, 0.4) is 0 Å². The third-order valence-electron chi connectivity index (χ3n) is 3.46. The first-order valence-corrected chi connectivity index (χ1v) is 7.43. The van der Waals surface area contributed by atoms with Gasteiger partial charge in [0, 0.05) is 29.4 Å². The summed E-state index contributed by atoms with van der Waals surface area (Å²) in [6, 6.07) is 9.46. The van der Waals surface area contributed by atoms with E-state index in [9.17, 15) is 4.79 Å². The number of alkyl halides is 2. The van der Waals surface area contributed by atoms with Crippen molar-refractivity contribution in [1.29, 1.82) is 0 Å². The van der Waals surface area contributed by atoms with Gasteiger partial charge < -0.3 is 10.6 Å². The lowest BCUT2D eigenvalue weighted by Crippen LogP contribution is -2.48. The van der Waals surface area contributed by atoms with Crippen LogP contribution in [-0.2, 0) is 4.79 Å². The molecule has 1 amide bonds. The quantitative estimate of drug-likeness (QED) is 0.869. The van der Waals surface area contributed by atoms with Crippen molar-refractivity contribution in [3.05, 3.63) is 30.3 Å². The first-order chi connectivity index (χ1) is 9.13. The molecule has 1 aromatic carbocycles. The van der Waals surface area contributed by atoms with Gasteiger partial charge in [0.05, 0.1) is 6.04 Å². The minimum absolute atomic E-state index is 0.00687. The first-order valence-electron chi connectivity index (χ1n) is 6.46. The van der Waals surface area contributed by atoms with Crippen molar-refractivity contribution >= 4 is 34.8 Å². The molecule has 1 aliphatic rings. The second-order valence-electron chi connectivity index (χ2n) is 4.84. The monoisotopic (exact) mass is 300 g/mol. The third-order valence-corrected chi connectivity index (χ3v) is 4.01. The van der Waals surface area contributed by atoms with Gasteiger partial charge in [-0.25, -0.2) is 0 Å². The Morgan fingerprint density at radius 1 is 1.32 bits per heavy atom. The molecular formula is C14H18Cl2N2O. The zero-order valence-corrected chi connectivity index (χ0v) is 12.1. The maximum Gasteiger partial charge on any atom is 0.228 e. The molecule has 104 valence electrons. The van der Waals surface area contributed by atoms with Crippen LogP contribution in [0, 0.1) is 0 Å². The maximum absolute atomic E-state index is 12.3. The lowest BCUT2D eigenvalue weighted by Gasteiger charge is -2.31. The van der Waals surface area contributed by atoms with Crippen LogP contribution in [0.4, 0.5) is 5.69 Å². The van der Waals surface area contributed by atoms with E-state index in [1.807, 2.05) is 30.3 Å². The van der Waals surface area contributed by atoms with Crippen molar-refractivity contribution in [1.82, 2.24) is 0 Å². The summed E-state index contributed by atoms with van der Waals surface area (Å²) in [5, 5.41) is 0.0370. The van der Waals surface area contributed by atoms with Crippen LogP contribution >= 0.6 is 23.2 Å². The Morgan fingerprint density at radius 3 is 2.53 bits per heavy atom. The van der Waals surface area contributed by atoms with Crippen LogP contribution in [0.2, 0.25) is 0 Å². The molecule has 0 heterocycles. The van der Waals surface area contributed by atoms with Gasteiger partial charge in [0.15, 0.2) is 0 Å². The summed E-state index contributed by atoms with van der Waals surface area (Å²) in [4.78, 5) is 14.1. The number of halogens is 2. The minimum Gasteiger partial charge on any atom is -0.326 e. The Morgan fingerprint density at radius 2 is 2.00 bits per heavy atom. The van der Waals surface area contributed by atoms with E-state index in [0.717, 1.165) is 18.5 Å². The molecule has 0 bridgehead atoms. The molecule has 0 aromatic heterocycles. The van der Waals surface area contributed by atoms with Gasteiger partial charge in [-0.05, 0) is 25.0 Å². The molecule has 0 saturated heterocycles. The zero-order valence-electron chi connectivity index (χ0n) is 10.6. The predicted molar refractivity (Wildman–Crippen MR) is 79.9 cm³/mol. The summed E-state index contributed by atoms with van der Waals surface area (Å²) in [5.41, 5.74) is 6.99. The largest absolute Gasteiger partial charge is 0.326 e. The number of para-hydroxylation sites is 1. The summed E-state index contributed by atoms with van der Waals surface area (Å²) >= 11 is 11.9. The number of rotatable bonds is 4. The second-order valence-corrected chi connectivity index (χ2v) is 5.83. The average Bonchev–Trinajstić information content (AvgIpc) is 2.70. The molecule has 3 nitrogen and oxygen atoms in total. The van der Waals surface area contributed by atoms with E-state index in [4.69, 9.17) is 28.9 Å². The number of anilines is 1. The van der Waals surface area contributed by atoms with Gasteiger partial charge in [-0.1, -0.05) is 18.2 Å². The highest BCUT2D eigenvalue weighted by Crippen LogP contribution is 2.31. The van der Waals surface area contributed by atoms with Crippen LogP contribution in [0.5, 0.6) is 0 Å². The Bertz CT molecular complexity index is 427. The molecule has 3 atom stereocenters. The van der Waals surface area contributed by atoms with Crippen molar-refractivity contribution in [2.75, 3.05) is 10.8 Å². The molecule has 1 fully saturated rings. The van der Waals surface area contributed by atoms with Crippen molar-refractivity contribution in [2.45, 2.75) is 36.7 Å². The van der Waals surface area contributed by atoms with Crippen LogP contribution in [0.15, 0.2) is 30.3 Å².